The van der Waals surface area contributed by atoms with Gasteiger partial charge in [0.15, 0.2) is 0 Å². The van der Waals surface area contributed by atoms with Gasteiger partial charge in [-0.15, -0.1) is 0 Å². The number of aliphatic hydroxyl groups excluding tert-OH is 1. The second-order valence-corrected chi connectivity index (χ2v) is 3.60. The van der Waals surface area contributed by atoms with Crippen LogP contribution in [0.15, 0.2) is 36.5 Å². The first-order valence-electron chi connectivity index (χ1n) is 5.50. The van der Waals surface area contributed by atoms with Crippen molar-refractivity contribution in [3.63, 3.8) is 0 Å². The third-order valence-corrected chi connectivity index (χ3v) is 2.34. The summed E-state index contributed by atoms with van der Waals surface area (Å²) in [6.45, 7) is 0.273. The summed E-state index contributed by atoms with van der Waals surface area (Å²) in [4.78, 5) is 8.26. The van der Waals surface area contributed by atoms with Crippen molar-refractivity contribution in [2.24, 2.45) is 0 Å². The first-order chi connectivity index (χ1) is 8.81. The molecule has 0 spiro atoms. The fraction of sp³-hybridized carbons (Fsp3) is 0.231. The Morgan fingerprint density at radius 1 is 1.17 bits per heavy atom. The Bertz CT molecular complexity index is 500. The minimum atomic E-state index is -0.0717. The average Bonchev–Trinajstić information content (AvgIpc) is 2.46. The second kappa shape index (κ2) is 5.97. The number of hydrogen-bond acceptors (Lipinski definition) is 5. The van der Waals surface area contributed by atoms with Gasteiger partial charge >= 0.3 is 0 Å². The Balaban J connectivity index is 1.97. The van der Waals surface area contributed by atoms with Crippen LogP contribution in [-0.2, 0) is 13.2 Å². The van der Waals surface area contributed by atoms with Gasteiger partial charge in [0.25, 0.3) is 0 Å². The first-order valence-corrected chi connectivity index (χ1v) is 5.50. The van der Waals surface area contributed by atoms with Crippen LogP contribution in [0.3, 0.4) is 0 Å². The van der Waals surface area contributed by atoms with E-state index in [2.05, 4.69) is 9.97 Å². The van der Waals surface area contributed by atoms with E-state index in [0.29, 0.717) is 23.9 Å². The van der Waals surface area contributed by atoms with Crippen LogP contribution < -0.4 is 9.47 Å². The van der Waals surface area contributed by atoms with E-state index >= 15 is 0 Å². The largest absolute Gasteiger partial charge is 0.486 e. The number of aromatic nitrogens is 2. The Hall–Kier alpha value is -2.14. The lowest BCUT2D eigenvalue weighted by molar-refractivity contribution is 0.274. The summed E-state index contributed by atoms with van der Waals surface area (Å²) in [5.74, 6) is 1.20. The van der Waals surface area contributed by atoms with E-state index in [1.807, 2.05) is 12.1 Å². The van der Waals surface area contributed by atoms with Gasteiger partial charge in [0.2, 0.25) is 5.88 Å². The van der Waals surface area contributed by atoms with Crippen LogP contribution >= 0.6 is 0 Å². The smallest absolute Gasteiger partial charge is 0.213 e. The molecule has 18 heavy (non-hydrogen) atoms. The number of rotatable bonds is 5. The van der Waals surface area contributed by atoms with E-state index in [9.17, 15) is 0 Å². The highest BCUT2D eigenvalue weighted by molar-refractivity contribution is 5.20. The van der Waals surface area contributed by atoms with Crippen molar-refractivity contribution in [2.45, 2.75) is 13.2 Å². The third-order valence-electron chi connectivity index (χ3n) is 2.34. The van der Waals surface area contributed by atoms with Gasteiger partial charge in [-0.25, -0.2) is 4.98 Å². The lowest BCUT2D eigenvalue weighted by Crippen LogP contribution is -2.00. The summed E-state index contributed by atoms with van der Waals surface area (Å²) in [6.07, 6.45) is 1.58. The summed E-state index contributed by atoms with van der Waals surface area (Å²) < 4.78 is 10.6. The molecule has 2 aromatic heterocycles. The highest BCUT2D eigenvalue weighted by Gasteiger charge is 2.00. The molecule has 5 heteroatoms. The Morgan fingerprint density at radius 3 is 2.72 bits per heavy atom. The molecular weight excluding hydrogens is 232 g/mol. The predicted molar refractivity (Wildman–Crippen MR) is 65.3 cm³/mol. The summed E-state index contributed by atoms with van der Waals surface area (Å²) in [5.41, 5.74) is 1.39. The highest BCUT2D eigenvalue weighted by Crippen LogP contribution is 2.12. The number of ether oxygens (including phenoxy) is 2. The minimum absolute atomic E-state index is 0.0717. The van der Waals surface area contributed by atoms with Crippen molar-refractivity contribution in [3.8, 4) is 11.6 Å². The molecule has 0 aliphatic heterocycles. The van der Waals surface area contributed by atoms with Gasteiger partial charge in [0, 0.05) is 6.07 Å². The van der Waals surface area contributed by atoms with E-state index < -0.39 is 0 Å². The zero-order valence-corrected chi connectivity index (χ0v) is 10.0. The molecule has 0 saturated heterocycles. The van der Waals surface area contributed by atoms with Gasteiger partial charge in [0.05, 0.1) is 31.3 Å². The lowest BCUT2D eigenvalue weighted by atomic mass is 10.3. The molecule has 0 aliphatic carbocycles. The van der Waals surface area contributed by atoms with Crippen molar-refractivity contribution in [2.75, 3.05) is 7.11 Å². The monoisotopic (exact) mass is 246 g/mol. The van der Waals surface area contributed by atoms with Crippen LogP contribution in [0.4, 0.5) is 0 Å². The second-order valence-electron chi connectivity index (χ2n) is 3.60. The summed E-state index contributed by atoms with van der Waals surface area (Å²) in [5, 5.41) is 8.87. The van der Waals surface area contributed by atoms with E-state index in [1.165, 1.54) is 0 Å². The molecule has 0 amide bonds. The maximum absolute atomic E-state index is 8.87. The lowest BCUT2D eigenvalue weighted by Gasteiger charge is -2.06. The number of aliphatic hydroxyl groups is 1. The highest BCUT2D eigenvalue weighted by atomic mass is 16.5. The van der Waals surface area contributed by atoms with Gasteiger partial charge in [0.1, 0.15) is 12.4 Å². The standard InChI is InChI=1S/C13H14N2O3/c1-17-13-4-2-3-11(15-13)9-18-12-6-5-10(8-16)14-7-12/h2-7,16H,8-9H2,1H3. The van der Waals surface area contributed by atoms with Crippen LogP contribution in [0.5, 0.6) is 11.6 Å². The van der Waals surface area contributed by atoms with E-state index in [0.717, 1.165) is 5.69 Å². The molecular formula is C13H14N2O3. The molecule has 94 valence electrons. The molecule has 0 radical (unpaired) electrons. The third kappa shape index (κ3) is 3.18. The molecule has 0 aromatic carbocycles. The van der Waals surface area contributed by atoms with Crippen LogP contribution in [0.25, 0.3) is 0 Å². The molecule has 5 nitrogen and oxygen atoms in total. The molecule has 2 rings (SSSR count). The molecule has 0 bridgehead atoms. The van der Waals surface area contributed by atoms with Crippen LogP contribution in [0.1, 0.15) is 11.4 Å². The van der Waals surface area contributed by atoms with Gasteiger partial charge in [-0.05, 0) is 18.2 Å². The summed E-state index contributed by atoms with van der Waals surface area (Å²) >= 11 is 0. The molecule has 0 saturated carbocycles. The minimum Gasteiger partial charge on any atom is -0.486 e. The van der Waals surface area contributed by atoms with Crippen LogP contribution in [-0.4, -0.2) is 22.2 Å². The first kappa shape index (κ1) is 12.3. The number of methoxy groups -OCH3 is 1. The Morgan fingerprint density at radius 2 is 2.06 bits per heavy atom. The molecule has 1 N–H and O–H groups in total. The number of pyridine rings is 2. The molecule has 0 aliphatic rings. The molecule has 0 atom stereocenters. The van der Waals surface area contributed by atoms with Crippen molar-refractivity contribution in [1.29, 1.82) is 0 Å². The molecule has 0 fully saturated rings. The number of hydrogen-bond donors (Lipinski definition) is 1. The summed E-state index contributed by atoms with van der Waals surface area (Å²) in [6, 6.07) is 8.98. The van der Waals surface area contributed by atoms with Crippen molar-refractivity contribution >= 4 is 0 Å². The maximum atomic E-state index is 8.87. The van der Waals surface area contributed by atoms with Crippen LogP contribution in [0.2, 0.25) is 0 Å². The van der Waals surface area contributed by atoms with E-state index in [-0.39, 0.29) is 6.61 Å². The van der Waals surface area contributed by atoms with Gasteiger partial charge in [-0.1, -0.05) is 6.07 Å². The van der Waals surface area contributed by atoms with Crippen LogP contribution in [0, 0.1) is 0 Å². The fourth-order valence-electron chi connectivity index (χ4n) is 1.40. The molecule has 2 heterocycles. The number of nitrogens with zero attached hydrogens (tertiary/aromatic N) is 2. The predicted octanol–water partition coefficient (Wildman–Crippen LogP) is 1.56. The topological polar surface area (TPSA) is 64.5 Å². The fourth-order valence-corrected chi connectivity index (χ4v) is 1.40. The quantitative estimate of drug-likeness (QED) is 0.867. The van der Waals surface area contributed by atoms with Gasteiger partial charge < -0.3 is 14.6 Å². The van der Waals surface area contributed by atoms with Gasteiger partial charge in [-0.2, -0.15) is 0 Å². The SMILES string of the molecule is COc1cccc(COc2ccc(CO)nc2)n1. The Labute approximate surface area is 105 Å². The van der Waals surface area contributed by atoms with Gasteiger partial charge in [-0.3, -0.25) is 4.98 Å². The molecule has 2 aromatic rings. The zero-order valence-electron chi connectivity index (χ0n) is 10.0. The summed E-state index contributed by atoms with van der Waals surface area (Å²) in [7, 11) is 1.57. The average molecular weight is 246 g/mol. The van der Waals surface area contributed by atoms with E-state index in [1.54, 1.807) is 31.5 Å². The van der Waals surface area contributed by atoms with E-state index in [4.69, 9.17) is 14.6 Å². The molecule has 0 unspecified atom stereocenters. The normalized spacial score (nSPS) is 10.1. The Kier molecular flexibility index (Phi) is 4.09. The van der Waals surface area contributed by atoms with Crippen molar-refractivity contribution < 1.29 is 14.6 Å². The van der Waals surface area contributed by atoms with Crippen molar-refractivity contribution in [3.05, 3.63) is 47.9 Å². The zero-order chi connectivity index (χ0) is 12.8. The maximum Gasteiger partial charge on any atom is 0.213 e. The van der Waals surface area contributed by atoms with Crippen molar-refractivity contribution in [1.82, 2.24) is 9.97 Å².